The first kappa shape index (κ1) is 26.2. The van der Waals surface area contributed by atoms with E-state index in [1.165, 1.54) is 62.7 Å². The van der Waals surface area contributed by atoms with Crippen molar-refractivity contribution in [2.24, 2.45) is 5.92 Å². The van der Waals surface area contributed by atoms with Crippen LogP contribution in [0.25, 0.3) is 0 Å². The van der Waals surface area contributed by atoms with Crippen LogP contribution in [0.1, 0.15) is 49.7 Å². The van der Waals surface area contributed by atoms with E-state index in [9.17, 15) is 4.79 Å². The number of carbonyl (C=O) groups is 1. The zero-order chi connectivity index (χ0) is 20.1. The second-order valence-electron chi connectivity index (χ2n) is 9.20. The molecule has 4 rings (SSSR count). The van der Waals surface area contributed by atoms with E-state index in [-0.39, 0.29) is 30.9 Å². The summed E-state index contributed by atoms with van der Waals surface area (Å²) in [5, 5.41) is 3.33. The van der Waals surface area contributed by atoms with Crippen LogP contribution in [0.15, 0.2) is 36.4 Å². The van der Waals surface area contributed by atoms with Gasteiger partial charge in [0.05, 0.1) is 0 Å². The van der Waals surface area contributed by atoms with Crippen LogP contribution in [0, 0.1) is 12.8 Å². The van der Waals surface area contributed by atoms with E-state index < -0.39 is 0 Å². The molecule has 2 aliphatic heterocycles. The second-order valence-corrected chi connectivity index (χ2v) is 9.20. The maximum atomic E-state index is 13.2. The predicted molar refractivity (Wildman–Crippen MR) is 133 cm³/mol. The summed E-state index contributed by atoms with van der Waals surface area (Å²) < 4.78 is 0. The number of halogens is 2. The fourth-order valence-electron chi connectivity index (χ4n) is 5.29. The summed E-state index contributed by atoms with van der Waals surface area (Å²) in [6.07, 6.45) is 12.7. The quantitative estimate of drug-likeness (QED) is 0.603. The Hall–Kier alpha value is -1.07. The molecule has 1 aromatic carbocycles. The molecule has 1 aliphatic carbocycles. The van der Waals surface area contributed by atoms with Gasteiger partial charge in [-0.3, -0.25) is 10.1 Å². The van der Waals surface area contributed by atoms with E-state index in [2.05, 4.69) is 58.5 Å². The van der Waals surface area contributed by atoms with Gasteiger partial charge in [-0.15, -0.1) is 24.8 Å². The third-order valence-electron chi connectivity index (χ3n) is 7.22. The van der Waals surface area contributed by atoms with E-state index in [0.717, 1.165) is 26.1 Å². The Morgan fingerprint density at radius 3 is 2.45 bits per heavy atom. The summed E-state index contributed by atoms with van der Waals surface area (Å²) in [6.45, 7) is 7.50. The lowest BCUT2D eigenvalue weighted by molar-refractivity contribution is -0.135. The molecule has 0 bridgehead atoms. The largest absolute Gasteiger partial charge is 0.338 e. The first-order valence-corrected chi connectivity index (χ1v) is 11.7. The van der Waals surface area contributed by atoms with Crippen LogP contribution in [0.2, 0.25) is 0 Å². The van der Waals surface area contributed by atoms with E-state index in [0.29, 0.717) is 17.9 Å². The van der Waals surface area contributed by atoms with E-state index >= 15 is 0 Å². The van der Waals surface area contributed by atoms with Crippen molar-refractivity contribution in [2.45, 2.75) is 64.0 Å². The number of nitrogens with one attached hydrogen (secondary N) is 1. The fraction of sp³-hybridized carbons (Fsp3) is 0.640. The smallest absolute Gasteiger partial charge is 0.243 e. The van der Waals surface area contributed by atoms with Crippen LogP contribution >= 0.6 is 24.8 Å². The summed E-state index contributed by atoms with van der Waals surface area (Å²) in [4.78, 5) is 18.0. The molecule has 0 radical (unpaired) electrons. The third kappa shape index (κ3) is 6.95. The Balaban J connectivity index is 0.00000171. The minimum atomic E-state index is -0.0928. The average molecular weight is 469 g/mol. The number of rotatable bonds is 7. The van der Waals surface area contributed by atoms with Crippen molar-refractivity contribution < 1.29 is 4.79 Å². The Morgan fingerprint density at radius 2 is 1.81 bits per heavy atom. The topological polar surface area (TPSA) is 35.6 Å². The van der Waals surface area contributed by atoms with E-state index in [1.54, 1.807) is 0 Å². The van der Waals surface area contributed by atoms with Crippen molar-refractivity contribution in [3.05, 3.63) is 47.5 Å². The van der Waals surface area contributed by atoms with Crippen LogP contribution in [0.3, 0.4) is 0 Å². The molecular weight excluding hydrogens is 429 g/mol. The molecule has 1 N–H and O–H groups in total. The van der Waals surface area contributed by atoms with Gasteiger partial charge in [0.15, 0.2) is 0 Å². The lowest BCUT2D eigenvalue weighted by Crippen LogP contribution is -2.50. The molecule has 2 heterocycles. The minimum Gasteiger partial charge on any atom is -0.338 e. The first-order valence-electron chi connectivity index (χ1n) is 11.7. The van der Waals surface area contributed by atoms with Crippen LogP contribution in [0.5, 0.6) is 0 Å². The lowest BCUT2D eigenvalue weighted by atomic mass is 9.94. The van der Waals surface area contributed by atoms with Crippen LogP contribution < -0.4 is 5.32 Å². The standard InChI is InChI=1S/C25H37N3O.2ClH/c1-20-7-2-3-8-22(20)14-18-27-16-12-21(13-17-27)19-28(23-9-4-5-10-23)25(29)24-11-6-15-26-24;;/h2-3,6-8,11,21,23-24,26H,4-5,9-10,12-19H2,1H3;2*1H. The average Bonchev–Trinajstić information content (AvgIpc) is 3.46. The number of hydrogen-bond acceptors (Lipinski definition) is 3. The van der Waals surface area contributed by atoms with Gasteiger partial charge in [0.1, 0.15) is 6.04 Å². The van der Waals surface area contributed by atoms with Gasteiger partial charge in [-0.1, -0.05) is 49.3 Å². The molecule has 6 heteroatoms. The van der Waals surface area contributed by atoms with Crippen molar-refractivity contribution in [3.63, 3.8) is 0 Å². The molecule has 1 amide bonds. The van der Waals surface area contributed by atoms with Crippen molar-refractivity contribution in [2.75, 3.05) is 32.7 Å². The first-order chi connectivity index (χ1) is 14.2. The number of aryl methyl sites for hydroxylation is 1. The number of nitrogens with zero attached hydrogens (tertiary/aromatic N) is 2. The molecule has 31 heavy (non-hydrogen) atoms. The molecule has 0 spiro atoms. The number of piperidine rings is 1. The Labute approximate surface area is 200 Å². The van der Waals surface area contributed by atoms with E-state index in [1.807, 2.05) is 0 Å². The van der Waals surface area contributed by atoms with Crippen molar-refractivity contribution >= 4 is 30.7 Å². The highest BCUT2D eigenvalue weighted by Crippen LogP contribution is 2.28. The molecule has 174 valence electrons. The highest BCUT2D eigenvalue weighted by atomic mass is 35.5. The summed E-state index contributed by atoms with van der Waals surface area (Å²) in [6, 6.07) is 9.13. The van der Waals surface area contributed by atoms with Gasteiger partial charge in [-0.25, -0.2) is 0 Å². The summed E-state index contributed by atoms with van der Waals surface area (Å²) >= 11 is 0. The third-order valence-corrected chi connectivity index (χ3v) is 7.22. The van der Waals surface area contributed by atoms with Gasteiger partial charge in [0.25, 0.3) is 0 Å². The second kappa shape index (κ2) is 12.8. The zero-order valence-electron chi connectivity index (χ0n) is 18.8. The highest BCUT2D eigenvalue weighted by molar-refractivity contribution is 5.86. The van der Waals surface area contributed by atoms with Gasteiger partial charge in [0.2, 0.25) is 5.91 Å². The van der Waals surface area contributed by atoms with Gasteiger partial charge in [-0.2, -0.15) is 0 Å². The van der Waals surface area contributed by atoms with Gasteiger partial charge >= 0.3 is 0 Å². The van der Waals surface area contributed by atoms with Crippen molar-refractivity contribution in [1.82, 2.24) is 15.1 Å². The number of likely N-dealkylation sites (tertiary alicyclic amines) is 1. The maximum Gasteiger partial charge on any atom is 0.243 e. The number of carbonyl (C=O) groups excluding carboxylic acids is 1. The SMILES string of the molecule is Cc1ccccc1CCN1CCC(CN(C(=O)C2C=CCN2)C2CCCC2)CC1.Cl.Cl. The highest BCUT2D eigenvalue weighted by Gasteiger charge is 2.33. The molecule has 2 fully saturated rings. The zero-order valence-corrected chi connectivity index (χ0v) is 20.4. The fourth-order valence-corrected chi connectivity index (χ4v) is 5.29. The van der Waals surface area contributed by atoms with Crippen LogP contribution in [0.4, 0.5) is 0 Å². The van der Waals surface area contributed by atoms with Gasteiger partial charge in [0, 0.05) is 25.7 Å². The molecule has 1 saturated carbocycles. The molecule has 4 nitrogen and oxygen atoms in total. The lowest BCUT2D eigenvalue weighted by Gasteiger charge is -2.38. The predicted octanol–water partition coefficient (Wildman–Crippen LogP) is 4.39. The summed E-state index contributed by atoms with van der Waals surface area (Å²) in [7, 11) is 0. The Morgan fingerprint density at radius 1 is 1.10 bits per heavy atom. The maximum absolute atomic E-state index is 13.2. The van der Waals surface area contributed by atoms with Gasteiger partial charge < -0.3 is 9.80 Å². The van der Waals surface area contributed by atoms with Crippen LogP contribution in [-0.4, -0.2) is 60.5 Å². The van der Waals surface area contributed by atoms with E-state index in [4.69, 9.17) is 0 Å². The Kier molecular flexibility index (Phi) is 10.8. The molecule has 1 aromatic rings. The normalized spacial score (nSPS) is 22.2. The Bertz CT molecular complexity index is 712. The minimum absolute atomic E-state index is 0. The molecule has 1 unspecified atom stereocenters. The van der Waals surface area contributed by atoms with Crippen molar-refractivity contribution in [1.29, 1.82) is 0 Å². The molecular formula is C25H39Cl2N3O. The number of benzene rings is 1. The van der Waals surface area contributed by atoms with Gasteiger partial charge in [-0.05, 0) is 69.2 Å². The molecule has 1 saturated heterocycles. The number of hydrogen-bond donors (Lipinski definition) is 1. The number of amides is 1. The van der Waals surface area contributed by atoms with Crippen molar-refractivity contribution in [3.8, 4) is 0 Å². The summed E-state index contributed by atoms with van der Waals surface area (Å²) in [5.74, 6) is 0.965. The monoisotopic (exact) mass is 467 g/mol. The summed E-state index contributed by atoms with van der Waals surface area (Å²) in [5.41, 5.74) is 2.88. The molecule has 1 atom stereocenters. The molecule has 0 aromatic heterocycles. The molecule has 3 aliphatic rings. The van der Waals surface area contributed by atoms with Crippen LogP contribution in [-0.2, 0) is 11.2 Å².